The molecule has 5 heteroatoms. The molecule has 1 unspecified atom stereocenters. The van der Waals surface area contributed by atoms with Gasteiger partial charge in [-0.05, 0) is 19.0 Å². The molecule has 1 heterocycles. The summed E-state index contributed by atoms with van der Waals surface area (Å²) in [5, 5.41) is 0. The van der Waals surface area contributed by atoms with Gasteiger partial charge >= 0.3 is 0 Å². The summed E-state index contributed by atoms with van der Waals surface area (Å²) in [4.78, 5) is 30.5. The Morgan fingerprint density at radius 2 is 1.75 bits per heavy atom. The lowest BCUT2D eigenvalue weighted by Gasteiger charge is -2.35. The molecule has 5 nitrogen and oxygen atoms in total. The van der Waals surface area contributed by atoms with Crippen molar-refractivity contribution in [1.82, 2.24) is 14.7 Å². The van der Waals surface area contributed by atoms with Gasteiger partial charge in [-0.15, -0.1) is 0 Å². The highest BCUT2D eigenvalue weighted by atomic mass is 16.2. The molecule has 0 saturated carbocycles. The summed E-state index contributed by atoms with van der Waals surface area (Å²) in [6, 6.07) is 9.94. The minimum Gasteiger partial charge on any atom is -0.340 e. The van der Waals surface area contributed by atoms with Gasteiger partial charge in [-0.25, -0.2) is 0 Å². The van der Waals surface area contributed by atoms with E-state index in [1.807, 2.05) is 42.2 Å². The lowest BCUT2D eigenvalue weighted by atomic mass is 10.1. The van der Waals surface area contributed by atoms with Gasteiger partial charge in [0.25, 0.3) is 0 Å². The zero-order chi connectivity index (χ0) is 17.5. The molecule has 0 N–H and O–H groups in total. The molecule has 0 spiro atoms. The summed E-state index contributed by atoms with van der Waals surface area (Å²) < 4.78 is 0. The van der Waals surface area contributed by atoms with E-state index in [-0.39, 0.29) is 17.9 Å². The van der Waals surface area contributed by atoms with Gasteiger partial charge in [-0.3, -0.25) is 9.59 Å². The second-order valence-electron chi connectivity index (χ2n) is 6.36. The van der Waals surface area contributed by atoms with E-state index in [1.165, 1.54) is 0 Å². The second kappa shape index (κ2) is 8.83. The van der Waals surface area contributed by atoms with Crippen molar-refractivity contribution < 1.29 is 9.59 Å². The van der Waals surface area contributed by atoms with Gasteiger partial charge in [0.05, 0.1) is 6.04 Å². The third kappa shape index (κ3) is 4.81. The van der Waals surface area contributed by atoms with Gasteiger partial charge in [-0.1, -0.05) is 37.3 Å². The Morgan fingerprint density at radius 1 is 1.12 bits per heavy atom. The molecule has 24 heavy (non-hydrogen) atoms. The average Bonchev–Trinajstić information content (AvgIpc) is 2.62. The topological polar surface area (TPSA) is 43.9 Å². The van der Waals surface area contributed by atoms with Crippen LogP contribution in [0.1, 0.15) is 38.8 Å². The number of rotatable bonds is 6. The number of amides is 2. The zero-order valence-corrected chi connectivity index (χ0v) is 15.1. The van der Waals surface area contributed by atoms with Crippen molar-refractivity contribution in [2.75, 3.05) is 39.3 Å². The van der Waals surface area contributed by atoms with Crippen molar-refractivity contribution in [2.45, 2.75) is 33.2 Å². The van der Waals surface area contributed by atoms with E-state index in [0.717, 1.165) is 38.3 Å². The number of carbonyl (C=O) groups is 2. The SMILES string of the molecule is CCN1CCN(C(=O)CCN(C(C)=O)C(C)c2ccccc2)CC1. The predicted octanol–water partition coefficient (Wildman–Crippen LogP) is 2.15. The maximum absolute atomic E-state index is 12.4. The Balaban J connectivity index is 1.90. The fourth-order valence-electron chi connectivity index (χ4n) is 3.22. The largest absolute Gasteiger partial charge is 0.340 e. The van der Waals surface area contributed by atoms with Crippen LogP contribution in [0.15, 0.2) is 30.3 Å². The van der Waals surface area contributed by atoms with Crippen LogP contribution < -0.4 is 0 Å². The monoisotopic (exact) mass is 331 g/mol. The van der Waals surface area contributed by atoms with E-state index in [9.17, 15) is 9.59 Å². The molecule has 1 aromatic carbocycles. The van der Waals surface area contributed by atoms with Crippen LogP contribution in [-0.2, 0) is 9.59 Å². The highest BCUT2D eigenvalue weighted by molar-refractivity contribution is 5.78. The third-order valence-corrected chi connectivity index (χ3v) is 4.89. The molecule has 0 aliphatic carbocycles. The van der Waals surface area contributed by atoms with Crippen molar-refractivity contribution in [2.24, 2.45) is 0 Å². The standard InChI is InChI=1S/C19H29N3O2/c1-4-20-12-14-21(15-13-20)19(24)10-11-22(17(3)23)16(2)18-8-6-5-7-9-18/h5-9,16H,4,10-15H2,1-3H3. The van der Waals surface area contributed by atoms with Crippen molar-refractivity contribution in [1.29, 1.82) is 0 Å². The van der Waals surface area contributed by atoms with Crippen LogP contribution in [-0.4, -0.2) is 65.8 Å². The lowest BCUT2D eigenvalue weighted by molar-refractivity contribution is -0.135. The molecule has 1 aliphatic rings. The molecule has 0 aromatic heterocycles. The first-order chi connectivity index (χ1) is 11.5. The fourth-order valence-corrected chi connectivity index (χ4v) is 3.22. The smallest absolute Gasteiger partial charge is 0.224 e. The van der Waals surface area contributed by atoms with Crippen molar-refractivity contribution >= 4 is 11.8 Å². The number of likely N-dealkylation sites (N-methyl/N-ethyl adjacent to an activating group) is 1. The van der Waals surface area contributed by atoms with Gasteiger partial charge in [0.1, 0.15) is 0 Å². The number of carbonyl (C=O) groups excluding carboxylic acids is 2. The fraction of sp³-hybridized carbons (Fsp3) is 0.579. The molecular formula is C19H29N3O2. The Morgan fingerprint density at radius 3 is 2.29 bits per heavy atom. The normalized spacial score (nSPS) is 16.7. The molecular weight excluding hydrogens is 302 g/mol. The van der Waals surface area contributed by atoms with E-state index in [1.54, 1.807) is 11.8 Å². The minimum absolute atomic E-state index is 0.00922. The molecule has 1 atom stereocenters. The Bertz CT molecular complexity index is 539. The maximum atomic E-state index is 12.4. The van der Waals surface area contributed by atoms with Crippen LogP contribution >= 0.6 is 0 Å². The molecule has 2 rings (SSSR count). The maximum Gasteiger partial charge on any atom is 0.224 e. The summed E-state index contributed by atoms with van der Waals surface area (Å²) in [5.41, 5.74) is 1.09. The molecule has 0 radical (unpaired) electrons. The van der Waals surface area contributed by atoms with E-state index < -0.39 is 0 Å². The first-order valence-corrected chi connectivity index (χ1v) is 8.85. The third-order valence-electron chi connectivity index (χ3n) is 4.89. The molecule has 0 bridgehead atoms. The number of hydrogen-bond acceptors (Lipinski definition) is 3. The van der Waals surface area contributed by atoms with E-state index in [2.05, 4.69) is 11.8 Å². The molecule has 1 fully saturated rings. The van der Waals surface area contributed by atoms with Crippen LogP contribution in [0.25, 0.3) is 0 Å². The number of benzene rings is 1. The van der Waals surface area contributed by atoms with Crippen LogP contribution in [0.4, 0.5) is 0 Å². The Kier molecular flexibility index (Phi) is 6.79. The van der Waals surface area contributed by atoms with Crippen LogP contribution in [0.2, 0.25) is 0 Å². The summed E-state index contributed by atoms with van der Waals surface area (Å²) >= 11 is 0. The number of nitrogens with zero attached hydrogens (tertiary/aromatic N) is 3. The molecule has 1 aromatic rings. The second-order valence-corrected chi connectivity index (χ2v) is 6.36. The van der Waals surface area contributed by atoms with Gasteiger partial charge < -0.3 is 14.7 Å². The summed E-state index contributed by atoms with van der Waals surface area (Å²) in [6.45, 7) is 10.7. The molecule has 1 saturated heterocycles. The predicted molar refractivity (Wildman–Crippen MR) is 95.6 cm³/mol. The minimum atomic E-state index is -0.0200. The van der Waals surface area contributed by atoms with Crippen molar-refractivity contribution in [3.05, 3.63) is 35.9 Å². The van der Waals surface area contributed by atoms with Gasteiger partial charge in [0.2, 0.25) is 11.8 Å². The highest BCUT2D eigenvalue weighted by Gasteiger charge is 2.23. The number of piperazine rings is 1. The van der Waals surface area contributed by atoms with Gasteiger partial charge in [0.15, 0.2) is 0 Å². The number of hydrogen-bond donors (Lipinski definition) is 0. The van der Waals surface area contributed by atoms with E-state index >= 15 is 0 Å². The first kappa shape index (κ1) is 18.5. The summed E-state index contributed by atoms with van der Waals surface area (Å²) in [5.74, 6) is 0.159. The van der Waals surface area contributed by atoms with Crippen LogP contribution in [0.3, 0.4) is 0 Å². The Hall–Kier alpha value is -1.88. The van der Waals surface area contributed by atoms with Crippen molar-refractivity contribution in [3.63, 3.8) is 0 Å². The van der Waals surface area contributed by atoms with Gasteiger partial charge in [0, 0.05) is 46.1 Å². The lowest BCUT2D eigenvalue weighted by Crippen LogP contribution is -2.49. The molecule has 2 amide bonds. The van der Waals surface area contributed by atoms with Crippen LogP contribution in [0.5, 0.6) is 0 Å². The van der Waals surface area contributed by atoms with E-state index in [4.69, 9.17) is 0 Å². The van der Waals surface area contributed by atoms with Crippen molar-refractivity contribution in [3.8, 4) is 0 Å². The molecule has 132 valence electrons. The average molecular weight is 331 g/mol. The Labute approximate surface area is 145 Å². The highest BCUT2D eigenvalue weighted by Crippen LogP contribution is 2.20. The molecule has 1 aliphatic heterocycles. The van der Waals surface area contributed by atoms with Gasteiger partial charge in [-0.2, -0.15) is 0 Å². The zero-order valence-electron chi connectivity index (χ0n) is 15.1. The van der Waals surface area contributed by atoms with E-state index in [0.29, 0.717) is 13.0 Å². The quantitative estimate of drug-likeness (QED) is 0.802. The first-order valence-electron chi connectivity index (χ1n) is 8.85. The summed E-state index contributed by atoms with van der Waals surface area (Å²) in [7, 11) is 0. The van der Waals surface area contributed by atoms with Crippen LogP contribution in [0, 0.1) is 0 Å². The summed E-state index contributed by atoms with van der Waals surface area (Å²) in [6.07, 6.45) is 0.392.